The number of fused-ring (bicyclic) bond motifs is 2. The van der Waals surface area contributed by atoms with Crippen LogP contribution in [0, 0.1) is 5.92 Å². The van der Waals surface area contributed by atoms with Gasteiger partial charge in [-0.2, -0.15) is 0 Å². The Hall–Kier alpha value is -2.94. The smallest absolute Gasteiger partial charge is 0.170 e. The van der Waals surface area contributed by atoms with Crippen molar-refractivity contribution < 1.29 is 9.53 Å². The average molecular weight is 386 g/mol. The van der Waals surface area contributed by atoms with Gasteiger partial charge in [0.15, 0.2) is 5.78 Å². The number of para-hydroxylation sites is 1. The molecule has 0 fully saturated rings. The van der Waals surface area contributed by atoms with Crippen molar-refractivity contribution in [3.63, 3.8) is 0 Å². The highest BCUT2D eigenvalue weighted by atomic mass is 16.5. The van der Waals surface area contributed by atoms with Crippen molar-refractivity contribution in [1.82, 2.24) is 4.98 Å². The van der Waals surface area contributed by atoms with Gasteiger partial charge in [-0.25, -0.2) is 4.98 Å². The van der Waals surface area contributed by atoms with Crippen LogP contribution in [0.15, 0.2) is 60.7 Å². The van der Waals surface area contributed by atoms with E-state index in [2.05, 4.69) is 30.1 Å². The summed E-state index contributed by atoms with van der Waals surface area (Å²) in [4.78, 5) is 17.6. The minimum absolute atomic E-state index is 0.00300. The second-order valence-electron chi connectivity index (χ2n) is 7.71. The van der Waals surface area contributed by atoms with Crippen LogP contribution in [-0.4, -0.2) is 10.8 Å². The van der Waals surface area contributed by atoms with Gasteiger partial charge < -0.3 is 4.74 Å². The van der Waals surface area contributed by atoms with E-state index in [9.17, 15) is 4.79 Å². The summed E-state index contributed by atoms with van der Waals surface area (Å²) in [5.41, 5.74) is 3.60. The van der Waals surface area contributed by atoms with Gasteiger partial charge in [0, 0.05) is 16.9 Å². The van der Waals surface area contributed by atoms with Gasteiger partial charge in [-0.3, -0.25) is 4.79 Å². The number of nitrogens with zero attached hydrogens (tertiary/aromatic N) is 1. The number of rotatable bonds is 8. The van der Waals surface area contributed by atoms with Gasteiger partial charge in [0.2, 0.25) is 0 Å². The Labute approximate surface area is 172 Å². The second-order valence-corrected chi connectivity index (χ2v) is 7.71. The van der Waals surface area contributed by atoms with Gasteiger partial charge in [0.1, 0.15) is 12.4 Å². The van der Waals surface area contributed by atoms with Crippen molar-refractivity contribution in [3.05, 3.63) is 77.5 Å². The van der Waals surface area contributed by atoms with Crippen molar-refractivity contribution in [2.75, 3.05) is 0 Å². The first-order chi connectivity index (χ1) is 14.2. The molecule has 0 N–H and O–H groups in total. The predicted octanol–water partition coefficient (Wildman–Crippen LogP) is 6.61. The minimum Gasteiger partial charge on any atom is -0.487 e. The number of benzene rings is 2. The van der Waals surface area contributed by atoms with E-state index in [1.807, 2.05) is 48.5 Å². The molecule has 1 heterocycles. The summed E-state index contributed by atoms with van der Waals surface area (Å²) in [6.07, 6.45) is 9.83. The Balaban J connectivity index is 1.43. The summed E-state index contributed by atoms with van der Waals surface area (Å²) in [5, 5.41) is 1.12. The highest BCUT2D eigenvalue weighted by molar-refractivity contribution is 6.04. The Bertz CT molecular complexity index is 1040. The number of hydrogen-bond acceptors (Lipinski definition) is 3. The van der Waals surface area contributed by atoms with Crippen molar-refractivity contribution >= 4 is 22.8 Å². The van der Waals surface area contributed by atoms with Gasteiger partial charge >= 0.3 is 0 Å². The molecule has 0 saturated carbocycles. The fraction of sp³-hybridized carbons (Fsp3) is 0.308. The number of carbonyl (C=O) groups is 1. The van der Waals surface area contributed by atoms with E-state index in [1.165, 1.54) is 19.3 Å². The second kappa shape index (κ2) is 9.04. The molecular weight excluding hydrogens is 358 g/mol. The normalized spacial score (nSPS) is 15.5. The summed E-state index contributed by atoms with van der Waals surface area (Å²) in [6, 6.07) is 17.9. The molecule has 4 rings (SSSR count). The zero-order valence-corrected chi connectivity index (χ0v) is 16.9. The lowest BCUT2D eigenvalue weighted by Crippen LogP contribution is -2.17. The van der Waals surface area contributed by atoms with Crippen molar-refractivity contribution in [3.8, 4) is 5.75 Å². The van der Waals surface area contributed by atoms with Crippen LogP contribution in [0.3, 0.4) is 0 Å². The van der Waals surface area contributed by atoms with E-state index in [0.717, 1.165) is 40.6 Å². The average Bonchev–Trinajstić information content (AvgIpc) is 2.76. The van der Waals surface area contributed by atoms with E-state index >= 15 is 0 Å². The van der Waals surface area contributed by atoms with Gasteiger partial charge in [0.25, 0.3) is 0 Å². The molecule has 148 valence electrons. The molecule has 29 heavy (non-hydrogen) atoms. The molecule has 0 amide bonds. The maximum absolute atomic E-state index is 12.9. The molecule has 0 radical (unpaired) electrons. The van der Waals surface area contributed by atoms with Crippen LogP contribution in [0.5, 0.6) is 5.75 Å². The Morgan fingerprint density at radius 2 is 1.90 bits per heavy atom. The van der Waals surface area contributed by atoms with Crippen LogP contribution in [0.4, 0.5) is 0 Å². The third kappa shape index (κ3) is 4.56. The van der Waals surface area contributed by atoms with Crippen LogP contribution < -0.4 is 4.74 Å². The lowest BCUT2D eigenvalue weighted by atomic mass is 9.85. The van der Waals surface area contributed by atoms with E-state index in [1.54, 1.807) is 0 Å². The first-order valence-corrected chi connectivity index (χ1v) is 10.6. The third-order valence-corrected chi connectivity index (χ3v) is 5.55. The molecule has 2 aromatic carbocycles. The number of pyridine rings is 1. The molecule has 0 spiro atoms. The number of carbonyl (C=O) groups excluding carboxylic acids is 1. The molecule has 3 nitrogen and oxygen atoms in total. The maximum Gasteiger partial charge on any atom is 0.170 e. The highest BCUT2D eigenvalue weighted by Gasteiger charge is 2.23. The summed E-state index contributed by atoms with van der Waals surface area (Å²) in [5.74, 6) is 0.928. The van der Waals surface area contributed by atoms with Crippen LogP contribution >= 0.6 is 0 Å². The SMILES string of the molecule is CCCCCCC1C=Cc2ccc(OCc3ccc4ccccc4n3)cc2C1=O. The van der Waals surface area contributed by atoms with E-state index in [-0.39, 0.29) is 11.7 Å². The zero-order chi connectivity index (χ0) is 20.1. The first kappa shape index (κ1) is 19.4. The summed E-state index contributed by atoms with van der Waals surface area (Å²) in [6.45, 7) is 2.59. The third-order valence-electron chi connectivity index (χ3n) is 5.55. The fourth-order valence-electron chi connectivity index (χ4n) is 3.86. The molecule has 1 unspecified atom stereocenters. The molecule has 3 aromatic rings. The van der Waals surface area contributed by atoms with E-state index in [0.29, 0.717) is 12.4 Å². The monoisotopic (exact) mass is 385 g/mol. The molecule has 1 aliphatic rings. The number of Topliss-reactive ketones (excluding diaryl/α,β-unsaturated/α-hetero) is 1. The predicted molar refractivity (Wildman–Crippen MR) is 118 cm³/mol. The Morgan fingerprint density at radius 3 is 2.79 bits per heavy atom. The first-order valence-electron chi connectivity index (χ1n) is 10.6. The largest absolute Gasteiger partial charge is 0.487 e. The number of ether oxygens (including phenoxy) is 1. The molecule has 3 heteroatoms. The van der Waals surface area contributed by atoms with Gasteiger partial charge in [-0.15, -0.1) is 0 Å². The molecule has 1 aromatic heterocycles. The van der Waals surface area contributed by atoms with Crippen LogP contribution in [-0.2, 0) is 6.61 Å². The molecule has 1 aliphatic carbocycles. The summed E-state index contributed by atoms with van der Waals surface area (Å²) in [7, 11) is 0. The van der Waals surface area contributed by atoms with Crippen molar-refractivity contribution in [2.24, 2.45) is 5.92 Å². The summed E-state index contributed by atoms with van der Waals surface area (Å²) < 4.78 is 5.96. The van der Waals surface area contributed by atoms with Gasteiger partial charge in [-0.1, -0.05) is 75.1 Å². The van der Waals surface area contributed by atoms with Crippen LogP contribution in [0.1, 0.15) is 60.6 Å². The number of unbranched alkanes of at least 4 members (excludes halogenated alkanes) is 3. The molecular formula is C26H27NO2. The van der Waals surface area contributed by atoms with Crippen molar-refractivity contribution in [2.45, 2.75) is 45.6 Å². The van der Waals surface area contributed by atoms with Crippen LogP contribution in [0.2, 0.25) is 0 Å². The molecule has 0 aliphatic heterocycles. The Morgan fingerprint density at radius 1 is 1.00 bits per heavy atom. The zero-order valence-electron chi connectivity index (χ0n) is 16.9. The quantitative estimate of drug-likeness (QED) is 0.410. The van der Waals surface area contributed by atoms with Crippen LogP contribution in [0.25, 0.3) is 17.0 Å². The van der Waals surface area contributed by atoms with Gasteiger partial charge in [0.05, 0.1) is 11.2 Å². The van der Waals surface area contributed by atoms with E-state index in [4.69, 9.17) is 4.74 Å². The molecule has 0 bridgehead atoms. The number of hydrogen-bond donors (Lipinski definition) is 0. The Kier molecular flexibility index (Phi) is 6.04. The topological polar surface area (TPSA) is 39.2 Å². The van der Waals surface area contributed by atoms with E-state index < -0.39 is 0 Å². The lowest BCUT2D eigenvalue weighted by Gasteiger charge is -2.19. The van der Waals surface area contributed by atoms with Crippen molar-refractivity contribution in [1.29, 1.82) is 0 Å². The highest BCUT2D eigenvalue weighted by Crippen LogP contribution is 2.29. The minimum atomic E-state index is -0.00300. The number of allylic oxidation sites excluding steroid dienone is 1. The molecule has 1 atom stereocenters. The number of ketones is 1. The summed E-state index contributed by atoms with van der Waals surface area (Å²) >= 11 is 0. The fourth-order valence-corrected chi connectivity index (χ4v) is 3.86. The lowest BCUT2D eigenvalue weighted by molar-refractivity contribution is 0.0936. The molecule has 0 saturated heterocycles. The number of aromatic nitrogens is 1. The van der Waals surface area contributed by atoms with Gasteiger partial charge in [-0.05, 0) is 36.2 Å². The standard InChI is InChI=1S/C26H27NO2/c1-2-3-4-5-9-21-12-11-19-14-16-23(17-24(19)26(21)28)29-18-22-15-13-20-8-6-7-10-25(20)27-22/h6-8,10-17,21H,2-5,9,18H2,1H3. The maximum atomic E-state index is 12.9.